The lowest BCUT2D eigenvalue weighted by Gasteiger charge is -2.29. The van der Waals surface area contributed by atoms with Crippen LogP contribution in [-0.4, -0.2) is 0 Å². The minimum atomic E-state index is 0.867. The van der Waals surface area contributed by atoms with Gasteiger partial charge in [0.25, 0.3) is 0 Å². The van der Waals surface area contributed by atoms with Gasteiger partial charge in [-0.05, 0) is 87.8 Å². The smallest absolute Gasteiger partial charge is 0.143 e. The molecule has 0 aliphatic heterocycles. The van der Waals surface area contributed by atoms with Gasteiger partial charge in [-0.3, -0.25) is 0 Å². The lowest BCUT2D eigenvalue weighted by Crippen LogP contribution is -2.11. The van der Waals surface area contributed by atoms with Gasteiger partial charge in [-0.15, -0.1) is 22.7 Å². The topological polar surface area (TPSA) is 16.4 Å². The summed E-state index contributed by atoms with van der Waals surface area (Å²) in [5.41, 5.74) is 12.2. The molecule has 0 atom stereocenters. The highest BCUT2D eigenvalue weighted by Crippen LogP contribution is 2.51. The molecule has 0 saturated carbocycles. The molecule has 290 valence electrons. The van der Waals surface area contributed by atoms with Crippen LogP contribution >= 0.6 is 22.7 Å². The Morgan fingerprint density at radius 2 is 0.984 bits per heavy atom. The molecule has 3 aromatic heterocycles. The number of nitrogens with zero attached hydrogens (tertiary/aromatic N) is 1. The molecule has 0 aliphatic rings. The summed E-state index contributed by atoms with van der Waals surface area (Å²) < 4.78 is 12.1. The molecule has 0 N–H and O–H groups in total. The summed E-state index contributed by atoms with van der Waals surface area (Å²) in [7, 11) is 0. The van der Waals surface area contributed by atoms with Gasteiger partial charge in [0.1, 0.15) is 11.2 Å². The van der Waals surface area contributed by atoms with Crippen LogP contribution in [0.4, 0.5) is 17.1 Å². The first-order valence-corrected chi connectivity index (χ1v) is 22.6. The number of furan rings is 1. The summed E-state index contributed by atoms with van der Waals surface area (Å²) in [6.45, 7) is 0. The normalized spacial score (nSPS) is 11.9. The number of hydrogen-bond acceptors (Lipinski definition) is 4. The van der Waals surface area contributed by atoms with Gasteiger partial charge in [0.15, 0.2) is 0 Å². The van der Waals surface area contributed by atoms with Crippen molar-refractivity contribution in [3.05, 3.63) is 212 Å². The van der Waals surface area contributed by atoms with Crippen molar-refractivity contribution in [1.82, 2.24) is 0 Å². The molecule has 10 aromatic carbocycles. The quantitative estimate of drug-likeness (QED) is 0.166. The third-order valence-corrected chi connectivity index (χ3v) is 14.9. The fourth-order valence-electron chi connectivity index (χ4n) is 9.63. The predicted octanol–water partition coefficient (Wildman–Crippen LogP) is 17.9. The highest BCUT2D eigenvalue weighted by Gasteiger charge is 2.26. The highest BCUT2D eigenvalue weighted by molar-refractivity contribution is 7.26. The number of anilines is 3. The molecule has 62 heavy (non-hydrogen) atoms. The molecule has 0 fully saturated rings. The van der Waals surface area contributed by atoms with E-state index in [9.17, 15) is 0 Å². The van der Waals surface area contributed by atoms with E-state index in [0.29, 0.717) is 0 Å². The minimum absolute atomic E-state index is 0.867. The Labute approximate surface area is 365 Å². The first kappa shape index (κ1) is 35.3. The zero-order chi connectivity index (χ0) is 40.7. The second-order valence-electron chi connectivity index (χ2n) is 16.0. The van der Waals surface area contributed by atoms with Crippen molar-refractivity contribution >= 4 is 113 Å². The van der Waals surface area contributed by atoms with Crippen LogP contribution in [0, 0.1) is 0 Å². The van der Waals surface area contributed by atoms with E-state index < -0.39 is 0 Å². The summed E-state index contributed by atoms with van der Waals surface area (Å²) in [4.78, 5) is 2.49. The van der Waals surface area contributed by atoms with Gasteiger partial charge in [-0.25, -0.2) is 0 Å². The molecule has 13 rings (SSSR count). The fraction of sp³-hybridized carbons (Fsp3) is 0. The summed E-state index contributed by atoms with van der Waals surface area (Å²) >= 11 is 3.73. The lowest BCUT2D eigenvalue weighted by molar-refractivity contribution is 0.673. The third-order valence-electron chi connectivity index (χ3n) is 12.5. The van der Waals surface area contributed by atoms with E-state index in [1.165, 1.54) is 62.6 Å². The Kier molecular flexibility index (Phi) is 7.99. The van der Waals surface area contributed by atoms with Gasteiger partial charge in [0.05, 0.1) is 16.1 Å². The van der Waals surface area contributed by atoms with Gasteiger partial charge < -0.3 is 9.32 Å². The van der Waals surface area contributed by atoms with E-state index in [4.69, 9.17) is 4.42 Å². The Morgan fingerprint density at radius 1 is 0.371 bits per heavy atom. The maximum absolute atomic E-state index is 6.94. The molecule has 4 heteroatoms. The average Bonchev–Trinajstić information content (AvgIpc) is 4.04. The fourth-order valence-corrected chi connectivity index (χ4v) is 12.1. The standard InChI is InChI=1S/C58H35NOS2/c1-2-13-36(14-3-1)37-27-30-41(31-28-37)59(50-24-12-23-47-45-20-7-9-26-53(45)62-58(47)50)49-33-34-51-55(48-32-29-38-15-4-5-18-42(38)56(48)60-51)54(49)40-17-10-16-39(35-40)43-21-11-22-46-44-19-6-8-25-52(44)61-57(43)46/h1-35H. The van der Waals surface area contributed by atoms with Crippen LogP contribution in [0.3, 0.4) is 0 Å². The monoisotopic (exact) mass is 825 g/mol. The van der Waals surface area contributed by atoms with Crippen LogP contribution in [0.15, 0.2) is 217 Å². The molecule has 0 saturated heterocycles. The number of benzene rings is 10. The number of thiophene rings is 2. The Morgan fingerprint density at radius 3 is 1.79 bits per heavy atom. The number of fused-ring (bicyclic) bond motifs is 11. The third kappa shape index (κ3) is 5.47. The van der Waals surface area contributed by atoms with E-state index in [2.05, 4.69) is 217 Å². The highest BCUT2D eigenvalue weighted by atomic mass is 32.1. The average molecular weight is 826 g/mol. The molecular formula is C58H35NOS2. The molecule has 0 amide bonds. The maximum Gasteiger partial charge on any atom is 0.143 e. The first-order chi connectivity index (χ1) is 30.7. The second-order valence-corrected chi connectivity index (χ2v) is 18.1. The van der Waals surface area contributed by atoms with E-state index in [-0.39, 0.29) is 0 Å². The van der Waals surface area contributed by atoms with Crippen LogP contribution < -0.4 is 4.90 Å². The molecule has 0 unspecified atom stereocenters. The molecule has 0 radical (unpaired) electrons. The van der Waals surface area contributed by atoms with Crippen molar-refractivity contribution in [3.8, 4) is 33.4 Å². The predicted molar refractivity (Wildman–Crippen MR) is 268 cm³/mol. The van der Waals surface area contributed by atoms with E-state index >= 15 is 0 Å². The van der Waals surface area contributed by atoms with Crippen molar-refractivity contribution in [2.75, 3.05) is 4.90 Å². The lowest BCUT2D eigenvalue weighted by atomic mass is 9.92. The Hall–Kier alpha value is -7.50. The summed E-state index contributed by atoms with van der Waals surface area (Å²) in [6.07, 6.45) is 0. The SMILES string of the molecule is c1ccc(-c2ccc(N(c3ccc4oc5c6ccccc6ccc5c4c3-c3cccc(-c4cccc5c4sc4ccccc45)c3)c3cccc4c3sc3ccccc34)cc2)cc1. The Balaban J connectivity index is 1.12. The summed E-state index contributed by atoms with van der Waals surface area (Å²) in [6, 6.07) is 77.4. The van der Waals surface area contributed by atoms with Crippen molar-refractivity contribution in [1.29, 1.82) is 0 Å². The van der Waals surface area contributed by atoms with Crippen LogP contribution in [0.1, 0.15) is 0 Å². The molecule has 0 bridgehead atoms. The van der Waals surface area contributed by atoms with Crippen LogP contribution in [0.2, 0.25) is 0 Å². The summed E-state index contributed by atoms with van der Waals surface area (Å²) in [5.74, 6) is 0. The number of hydrogen-bond donors (Lipinski definition) is 0. The van der Waals surface area contributed by atoms with Gasteiger partial charge in [0, 0.05) is 63.1 Å². The zero-order valence-electron chi connectivity index (χ0n) is 33.4. The van der Waals surface area contributed by atoms with Crippen molar-refractivity contribution in [2.45, 2.75) is 0 Å². The molecule has 13 aromatic rings. The van der Waals surface area contributed by atoms with Crippen molar-refractivity contribution in [3.63, 3.8) is 0 Å². The second kappa shape index (κ2) is 14.0. The zero-order valence-corrected chi connectivity index (χ0v) is 35.0. The van der Waals surface area contributed by atoms with Crippen molar-refractivity contribution < 1.29 is 4.42 Å². The first-order valence-electron chi connectivity index (χ1n) is 21.0. The maximum atomic E-state index is 6.94. The van der Waals surface area contributed by atoms with Crippen LogP contribution in [0.25, 0.3) is 106 Å². The van der Waals surface area contributed by atoms with Crippen molar-refractivity contribution in [2.24, 2.45) is 0 Å². The molecule has 2 nitrogen and oxygen atoms in total. The van der Waals surface area contributed by atoms with E-state index in [1.807, 2.05) is 22.7 Å². The Bertz CT molecular complexity index is 3870. The van der Waals surface area contributed by atoms with E-state index in [1.54, 1.807) is 0 Å². The number of rotatable bonds is 6. The van der Waals surface area contributed by atoms with E-state index in [0.717, 1.165) is 60.9 Å². The molecule has 0 spiro atoms. The van der Waals surface area contributed by atoms with Gasteiger partial charge in [0.2, 0.25) is 0 Å². The van der Waals surface area contributed by atoms with Crippen LogP contribution in [-0.2, 0) is 0 Å². The summed E-state index contributed by atoms with van der Waals surface area (Å²) in [5, 5.41) is 9.63. The van der Waals surface area contributed by atoms with Gasteiger partial charge in [-0.2, -0.15) is 0 Å². The molecule has 3 heterocycles. The van der Waals surface area contributed by atoms with Gasteiger partial charge in [-0.1, -0.05) is 158 Å². The van der Waals surface area contributed by atoms with Gasteiger partial charge >= 0.3 is 0 Å². The molecular weight excluding hydrogens is 791 g/mol. The molecule has 0 aliphatic carbocycles. The largest absolute Gasteiger partial charge is 0.455 e. The minimum Gasteiger partial charge on any atom is -0.455 e. The van der Waals surface area contributed by atoms with Crippen LogP contribution in [0.5, 0.6) is 0 Å².